The molecule has 3 unspecified atom stereocenters. The first-order valence-corrected chi connectivity index (χ1v) is 8.01. The lowest BCUT2D eigenvalue weighted by molar-refractivity contribution is -0.142. The molecule has 0 aromatic rings. The van der Waals surface area contributed by atoms with Gasteiger partial charge in [0.2, 0.25) is 0 Å². The van der Waals surface area contributed by atoms with E-state index in [0.717, 1.165) is 45.3 Å². The second-order valence-corrected chi connectivity index (χ2v) is 6.30. The van der Waals surface area contributed by atoms with Crippen LogP contribution >= 0.6 is 0 Å². The number of nitrogens with one attached hydrogen (secondary N) is 1. The van der Waals surface area contributed by atoms with E-state index in [1.54, 1.807) is 0 Å². The Hall–Kier alpha value is -1.30. The topological polar surface area (TPSA) is 72.9 Å². The minimum atomic E-state index is -0.791. The first-order chi connectivity index (χ1) is 10.0. The largest absolute Gasteiger partial charge is 0.481 e. The normalized spacial score (nSPS) is 31.0. The number of carboxylic acid groups (broad SMARTS) is 1. The second-order valence-electron chi connectivity index (χ2n) is 6.30. The monoisotopic (exact) mass is 297 g/mol. The number of carbonyl (C=O) groups is 2. The fraction of sp³-hybridized carbons (Fsp3) is 0.867. The Morgan fingerprint density at radius 1 is 1.24 bits per heavy atom. The third-order valence-corrected chi connectivity index (χ3v) is 4.78. The van der Waals surface area contributed by atoms with E-state index in [9.17, 15) is 14.7 Å². The first-order valence-electron chi connectivity index (χ1n) is 8.01. The summed E-state index contributed by atoms with van der Waals surface area (Å²) in [5, 5.41) is 12.2. The molecule has 21 heavy (non-hydrogen) atoms. The van der Waals surface area contributed by atoms with Gasteiger partial charge >= 0.3 is 12.0 Å². The quantitative estimate of drug-likeness (QED) is 0.825. The number of urea groups is 1. The minimum absolute atomic E-state index is 0.0877. The molecule has 1 aliphatic carbocycles. The van der Waals surface area contributed by atoms with Crippen molar-refractivity contribution in [1.29, 1.82) is 0 Å². The lowest BCUT2D eigenvalue weighted by atomic mass is 10.0. The molecule has 2 amide bonds. The van der Waals surface area contributed by atoms with Gasteiger partial charge in [0.1, 0.15) is 0 Å². The molecule has 6 nitrogen and oxygen atoms in total. The molecule has 2 aliphatic rings. The van der Waals surface area contributed by atoms with Crippen molar-refractivity contribution in [2.24, 2.45) is 5.92 Å². The third kappa shape index (κ3) is 3.87. The SMILES string of the molecule is CCC1CN(C)CCCN1C(=O)NC1CCCC1C(=O)O. The van der Waals surface area contributed by atoms with Gasteiger partial charge in [-0.2, -0.15) is 0 Å². The maximum Gasteiger partial charge on any atom is 0.317 e. The molecule has 0 aromatic heterocycles. The van der Waals surface area contributed by atoms with Crippen LogP contribution < -0.4 is 5.32 Å². The maximum atomic E-state index is 12.6. The van der Waals surface area contributed by atoms with Crippen molar-refractivity contribution < 1.29 is 14.7 Å². The summed E-state index contributed by atoms with van der Waals surface area (Å²) in [5.41, 5.74) is 0. The predicted octanol–water partition coefficient (Wildman–Crippen LogP) is 1.37. The summed E-state index contributed by atoms with van der Waals surface area (Å²) in [7, 11) is 2.08. The van der Waals surface area contributed by atoms with Gasteiger partial charge in [0.15, 0.2) is 0 Å². The van der Waals surface area contributed by atoms with Crippen molar-refractivity contribution >= 4 is 12.0 Å². The Bertz CT molecular complexity index is 388. The third-order valence-electron chi connectivity index (χ3n) is 4.78. The van der Waals surface area contributed by atoms with Crippen LogP contribution in [-0.4, -0.2) is 65.7 Å². The second kappa shape index (κ2) is 7.11. The van der Waals surface area contributed by atoms with Gasteiger partial charge in [0, 0.05) is 25.2 Å². The lowest BCUT2D eigenvalue weighted by Crippen LogP contribution is -2.52. The van der Waals surface area contributed by atoms with Crippen molar-refractivity contribution in [3.05, 3.63) is 0 Å². The number of carboxylic acids is 1. The molecule has 0 bridgehead atoms. The molecule has 0 radical (unpaired) electrons. The van der Waals surface area contributed by atoms with E-state index in [1.165, 1.54) is 0 Å². The zero-order valence-electron chi connectivity index (χ0n) is 13.0. The molecule has 2 rings (SSSR count). The minimum Gasteiger partial charge on any atom is -0.481 e. The van der Waals surface area contributed by atoms with Gasteiger partial charge in [-0.25, -0.2) is 4.79 Å². The fourth-order valence-corrected chi connectivity index (χ4v) is 3.53. The van der Waals surface area contributed by atoms with Gasteiger partial charge in [0.25, 0.3) is 0 Å². The van der Waals surface area contributed by atoms with E-state index in [4.69, 9.17) is 0 Å². The van der Waals surface area contributed by atoms with E-state index < -0.39 is 11.9 Å². The predicted molar refractivity (Wildman–Crippen MR) is 80.2 cm³/mol. The number of rotatable bonds is 3. The Labute approximate surface area is 126 Å². The van der Waals surface area contributed by atoms with E-state index in [-0.39, 0.29) is 18.1 Å². The summed E-state index contributed by atoms with van der Waals surface area (Å²) in [4.78, 5) is 27.9. The Morgan fingerprint density at radius 2 is 2.00 bits per heavy atom. The Morgan fingerprint density at radius 3 is 2.67 bits per heavy atom. The molecule has 2 fully saturated rings. The standard InChI is InChI=1S/C15H27N3O3/c1-3-11-10-17(2)8-5-9-18(11)15(21)16-13-7-4-6-12(13)14(19)20/h11-13H,3-10H2,1-2H3,(H,16,21)(H,19,20). The zero-order valence-corrected chi connectivity index (χ0v) is 13.0. The smallest absolute Gasteiger partial charge is 0.317 e. The van der Waals surface area contributed by atoms with Gasteiger partial charge < -0.3 is 20.2 Å². The Kier molecular flexibility index (Phi) is 5.45. The number of aliphatic carboxylic acids is 1. The van der Waals surface area contributed by atoms with E-state index >= 15 is 0 Å². The van der Waals surface area contributed by atoms with Crippen LogP contribution in [-0.2, 0) is 4.79 Å². The molecule has 0 aromatic carbocycles. The van der Waals surface area contributed by atoms with E-state index in [0.29, 0.717) is 6.42 Å². The van der Waals surface area contributed by atoms with Crippen LogP contribution in [0.2, 0.25) is 0 Å². The summed E-state index contributed by atoms with van der Waals surface area (Å²) >= 11 is 0. The molecule has 1 saturated heterocycles. The average molecular weight is 297 g/mol. The van der Waals surface area contributed by atoms with Crippen LogP contribution in [0.5, 0.6) is 0 Å². The summed E-state index contributed by atoms with van der Waals surface area (Å²) in [6, 6.07) is -0.0917. The highest BCUT2D eigenvalue weighted by molar-refractivity contribution is 5.77. The number of hydrogen-bond acceptors (Lipinski definition) is 3. The van der Waals surface area contributed by atoms with Crippen molar-refractivity contribution in [2.75, 3.05) is 26.7 Å². The summed E-state index contributed by atoms with van der Waals surface area (Å²) in [5.74, 6) is -1.22. The van der Waals surface area contributed by atoms with Crippen molar-refractivity contribution in [2.45, 2.75) is 51.1 Å². The van der Waals surface area contributed by atoms with Crippen molar-refractivity contribution in [1.82, 2.24) is 15.1 Å². The van der Waals surface area contributed by atoms with Crippen LogP contribution in [0, 0.1) is 5.92 Å². The molecule has 2 N–H and O–H groups in total. The van der Waals surface area contributed by atoms with Crippen LogP contribution in [0.4, 0.5) is 4.79 Å². The number of nitrogens with zero attached hydrogens (tertiary/aromatic N) is 2. The van der Waals surface area contributed by atoms with Crippen LogP contribution in [0.25, 0.3) is 0 Å². The number of likely N-dealkylation sites (N-methyl/N-ethyl adjacent to an activating group) is 1. The van der Waals surface area contributed by atoms with Crippen LogP contribution in [0.1, 0.15) is 39.0 Å². The van der Waals surface area contributed by atoms with E-state index in [2.05, 4.69) is 24.2 Å². The molecular formula is C15H27N3O3. The molecular weight excluding hydrogens is 270 g/mol. The number of carbonyl (C=O) groups excluding carboxylic acids is 1. The molecule has 0 spiro atoms. The number of amides is 2. The van der Waals surface area contributed by atoms with Crippen LogP contribution in [0.15, 0.2) is 0 Å². The molecule has 1 aliphatic heterocycles. The summed E-state index contributed by atoms with van der Waals surface area (Å²) in [6.45, 7) is 4.73. The molecule has 1 heterocycles. The van der Waals surface area contributed by atoms with Gasteiger partial charge in [0.05, 0.1) is 5.92 Å². The summed E-state index contributed by atoms with van der Waals surface area (Å²) < 4.78 is 0. The average Bonchev–Trinajstić information content (AvgIpc) is 2.80. The van der Waals surface area contributed by atoms with Crippen LogP contribution in [0.3, 0.4) is 0 Å². The fourth-order valence-electron chi connectivity index (χ4n) is 3.53. The molecule has 120 valence electrons. The van der Waals surface area contributed by atoms with Gasteiger partial charge in [-0.05, 0) is 39.3 Å². The van der Waals surface area contributed by atoms with Gasteiger partial charge in [-0.3, -0.25) is 4.79 Å². The van der Waals surface area contributed by atoms with Crippen molar-refractivity contribution in [3.8, 4) is 0 Å². The molecule has 6 heteroatoms. The van der Waals surface area contributed by atoms with Crippen molar-refractivity contribution in [3.63, 3.8) is 0 Å². The first kappa shape index (κ1) is 16.1. The summed E-state index contributed by atoms with van der Waals surface area (Å²) in [6.07, 6.45) is 4.20. The molecule has 1 saturated carbocycles. The zero-order chi connectivity index (χ0) is 15.4. The van der Waals surface area contributed by atoms with Gasteiger partial charge in [-0.1, -0.05) is 13.3 Å². The highest BCUT2D eigenvalue weighted by Crippen LogP contribution is 2.26. The highest BCUT2D eigenvalue weighted by Gasteiger charge is 2.36. The van der Waals surface area contributed by atoms with Gasteiger partial charge in [-0.15, -0.1) is 0 Å². The van der Waals surface area contributed by atoms with E-state index in [1.807, 2.05) is 4.90 Å². The highest BCUT2D eigenvalue weighted by atomic mass is 16.4. The number of hydrogen-bond donors (Lipinski definition) is 2. The molecule has 3 atom stereocenters. The lowest BCUT2D eigenvalue weighted by Gasteiger charge is -2.32. The maximum absolute atomic E-state index is 12.6. The Balaban J connectivity index is 1.99.